The van der Waals surface area contributed by atoms with E-state index in [0.717, 1.165) is 12.3 Å². The molecule has 0 amide bonds. The summed E-state index contributed by atoms with van der Waals surface area (Å²) in [6, 6.07) is 0.208. The first-order valence-electron chi connectivity index (χ1n) is 5.04. The fourth-order valence-corrected chi connectivity index (χ4v) is 1.42. The molecule has 84 valence electrons. The number of hydrazine groups is 1. The van der Waals surface area contributed by atoms with Crippen molar-refractivity contribution in [3.05, 3.63) is 0 Å². The summed E-state index contributed by atoms with van der Waals surface area (Å²) in [6.45, 7) is -0.118. The summed E-state index contributed by atoms with van der Waals surface area (Å²) in [5, 5.41) is 0. The topological polar surface area (TPSA) is 47.3 Å². The monoisotopic (exact) mass is 208 g/mol. The van der Waals surface area contributed by atoms with Crippen molar-refractivity contribution in [2.45, 2.75) is 38.2 Å². The van der Waals surface area contributed by atoms with Crippen LogP contribution >= 0.6 is 0 Å². The summed E-state index contributed by atoms with van der Waals surface area (Å²) in [5.74, 6) is 6.12. The summed E-state index contributed by atoms with van der Waals surface area (Å²) in [7, 11) is 0. The van der Waals surface area contributed by atoms with Crippen LogP contribution in [-0.4, -0.2) is 25.7 Å². The quantitative estimate of drug-likeness (QED) is 0.359. The maximum absolute atomic E-state index is 11.7. The number of hydrogen-bond donors (Lipinski definition) is 2. The fraction of sp³-hybridized carbons (Fsp3) is 1.00. The van der Waals surface area contributed by atoms with E-state index in [-0.39, 0.29) is 6.04 Å². The van der Waals surface area contributed by atoms with E-state index in [2.05, 4.69) is 5.43 Å². The molecule has 1 fully saturated rings. The van der Waals surface area contributed by atoms with Crippen LogP contribution in [-0.2, 0) is 4.74 Å². The highest BCUT2D eigenvalue weighted by Gasteiger charge is 2.24. The van der Waals surface area contributed by atoms with Crippen molar-refractivity contribution in [3.63, 3.8) is 0 Å². The van der Waals surface area contributed by atoms with Crippen molar-refractivity contribution in [1.82, 2.24) is 5.43 Å². The first kappa shape index (κ1) is 11.8. The summed E-state index contributed by atoms with van der Waals surface area (Å²) < 4.78 is 28.2. The Bertz CT molecular complexity index is 154. The van der Waals surface area contributed by atoms with E-state index in [1.807, 2.05) is 0 Å². The van der Waals surface area contributed by atoms with Gasteiger partial charge in [-0.1, -0.05) is 12.8 Å². The van der Waals surface area contributed by atoms with Gasteiger partial charge in [-0.25, -0.2) is 8.78 Å². The lowest BCUT2D eigenvalue weighted by Gasteiger charge is -2.15. The van der Waals surface area contributed by atoms with Crippen LogP contribution < -0.4 is 11.3 Å². The van der Waals surface area contributed by atoms with Crippen LogP contribution in [0, 0.1) is 5.92 Å². The maximum atomic E-state index is 11.7. The van der Waals surface area contributed by atoms with Gasteiger partial charge in [-0.2, -0.15) is 0 Å². The Labute approximate surface area is 83.0 Å². The molecule has 3 nitrogen and oxygen atoms in total. The second kappa shape index (κ2) is 6.27. The van der Waals surface area contributed by atoms with Crippen molar-refractivity contribution in [1.29, 1.82) is 0 Å². The van der Waals surface area contributed by atoms with Gasteiger partial charge < -0.3 is 4.74 Å². The summed E-state index contributed by atoms with van der Waals surface area (Å²) in [5.41, 5.74) is 2.69. The molecule has 3 N–H and O–H groups in total. The average Bonchev–Trinajstić information content (AvgIpc) is 2.93. The first-order chi connectivity index (χ1) is 6.72. The standard InChI is InChI=1S/C9H18F2N2O/c10-9(11)6-14-4-3-8(13-12)5-7-1-2-7/h7-9,13H,1-6,12H2. The highest BCUT2D eigenvalue weighted by atomic mass is 19.3. The van der Waals surface area contributed by atoms with Crippen molar-refractivity contribution < 1.29 is 13.5 Å². The zero-order valence-electron chi connectivity index (χ0n) is 8.22. The van der Waals surface area contributed by atoms with Gasteiger partial charge in [0.2, 0.25) is 0 Å². The minimum atomic E-state index is -2.37. The molecule has 0 bridgehead atoms. The molecule has 1 atom stereocenters. The molecule has 1 aliphatic carbocycles. The Morgan fingerprint density at radius 1 is 1.43 bits per heavy atom. The Hall–Kier alpha value is -0.260. The summed E-state index contributed by atoms with van der Waals surface area (Å²) in [4.78, 5) is 0. The van der Waals surface area contributed by atoms with Gasteiger partial charge in [-0.05, 0) is 18.8 Å². The molecular formula is C9H18F2N2O. The number of ether oxygens (including phenoxy) is 1. The third-order valence-electron chi connectivity index (χ3n) is 2.40. The molecule has 1 unspecified atom stereocenters. The Kier molecular flexibility index (Phi) is 5.29. The number of halogens is 2. The highest BCUT2D eigenvalue weighted by Crippen LogP contribution is 2.33. The normalized spacial score (nSPS) is 18.9. The zero-order chi connectivity index (χ0) is 10.4. The van der Waals surface area contributed by atoms with E-state index in [0.29, 0.717) is 13.0 Å². The van der Waals surface area contributed by atoms with Crippen molar-refractivity contribution in [2.24, 2.45) is 11.8 Å². The van der Waals surface area contributed by atoms with E-state index in [9.17, 15) is 8.78 Å². The summed E-state index contributed by atoms with van der Waals surface area (Å²) in [6.07, 6.45) is 1.92. The van der Waals surface area contributed by atoms with Gasteiger partial charge in [0.15, 0.2) is 0 Å². The molecule has 5 heteroatoms. The van der Waals surface area contributed by atoms with E-state index in [1.165, 1.54) is 12.8 Å². The Morgan fingerprint density at radius 3 is 2.64 bits per heavy atom. The first-order valence-corrected chi connectivity index (χ1v) is 5.04. The molecule has 0 heterocycles. The van der Waals surface area contributed by atoms with Gasteiger partial charge in [0.25, 0.3) is 6.43 Å². The van der Waals surface area contributed by atoms with Crippen LogP contribution in [0.3, 0.4) is 0 Å². The zero-order valence-corrected chi connectivity index (χ0v) is 8.22. The van der Waals surface area contributed by atoms with Gasteiger partial charge in [0.05, 0.1) is 0 Å². The van der Waals surface area contributed by atoms with Crippen LogP contribution in [0.5, 0.6) is 0 Å². The van der Waals surface area contributed by atoms with Gasteiger partial charge in [0, 0.05) is 12.6 Å². The Balaban J connectivity index is 1.96. The minimum absolute atomic E-state index is 0.208. The van der Waals surface area contributed by atoms with E-state index in [4.69, 9.17) is 10.6 Å². The molecule has 1 rings (SSSR count). The Morgan fingerprint density at radius 2 is 2.14 bits per heavy atom. The van der Waals surface area contributed by atoms with Gasteiger partial charge in [-0.15, -0.1) is 0 Å². The number of hydrogen-bond acceptors (Lipinski definition) is 3. The lowest BCUT2D eigenvalue weighted by Crippen LogP contribution is -2.36. The second-order valence-corrected chi connectivity index (χ2v) is 3.80. The molecule has 0 saturated heterocycles. The third-order valence-corrected chi connectivity index (χ3v) is 2.40. The van der Waals surface area contributed by atoms with Crippen molar-refractivity contribution in [3.8, 4) is 0 Å². The SMILES string of the molecule is NNC(CCOCC(F)F)CC1CC1. The largest absolute Gasteiger partial charge is 0.375 e. The van der Waals surface area contributed by atoms with Gasteiger partial charge >= 0.3 is 0 Å². The van der Waals surface area contributed by atoms with Crippen LogP contribution in [0.4, 0.5) is 8.78 Å². The molecular weight excluding hydrogens is 190 g/mol. The molecule has 0 radical (unpaired) electrons. The molecule has 1 aliphatic rings. The van der Waals surface area contributed by atoms with E-state index >= 15 is 0 Å². The minimum Gasteiger partial charge on any atom is -0.375 e. The van der Waals surface area contributed by atoms with Gasteiger partial charge in [-0.3, -0.25) is 11.3 Å². The molecule has 0 aromatic carbocycles. The predicted octanol–water partition coefficient (Wildman–Crippen LogP) is 1.29. The van der Waals surface area contributed by atoms with Gasteiger partial charge in [0.1, 0.15) is 6.61 Å². The van der Waals surface area contributed by atoms with Crippen molar-refractivity contribution >= 4 is 0 Å². The molecule has 0 aliphatic heterocycles. The fourth-order valence-electron chi connectivity index (χ4n) is 1.42. The number of nitrogens with two attached hydrogens (primary N) is 1. The highest BCUT2D eigenvalue weighted by molar-refractivity contribution is 4.78. The number of nitrogens with one attached hydrogen (secondary N) is 1. The van der Waals surface area contributed by atoms with E-state index in [1.54, 1.807) is 0 Å². The second-order valence-electron chi connectivity index (χ2n) is 3.80. The van der Waals surface area contributed by atoms with Crippen LogP contribution in [0.1, 0.15) is 25.7 Å². The van der Waals surface area contributed by atoms with E-state index < -0.39 is 13.0 Å². The van der Waals surface area contributed by atoms with Crippen LogP contribution in [0.25, 0.3) is 0 Å². The van der Waals surface area contributed by atoms with Crippen molar-refractivity contribution in [2.75, 3.05) is 13.2 Å². The number of rotatable bonds is 8. The average molecular weight is 208 g/mol. The maximum Gasteiger partial charge on any atom is 0.261 e. The third kappa shape index (κ3) is 5.47. The number of alkyl halides is 2. The molecule has 0 aromatic heterocycles. The molecule has 0 spiro atoms. The lowest BCUT2D eigenvalue weighted by atomic mass is 10.1. The lowest BCUT2D eigenvalue weighted by molar-refractivity contribution is 0.0141. The van der Waals surface area contributed by atoms with Crippen LogP contribution in [0.15, 0.2) is 0 Å². The van der Waals surface area contributed by atoms with Crippen LogP contribution in [0.2, 0.25) is 0 Å². The molecule has 1 saturated carbocycles. The smallest absolute Gasteiger partial charge is 0.261 e. The molecule has 0 aromatic rings. The molecule has 14 heavy (non-hydrogen) atoms. The predicted molar refractivity (Wildman–Crippen MR) is 49.9 cm³/mol. The summed E-state index contributed by atoms with van der Waals surface area (Å²) >= 11 is 0.